The van der Waals surface area contributed by atoms with E-state index in [1.165, 1.54) is 16.2 Å². The molecule has 1 aliphatic heterocycles. The molecule has 1 amide bonds. The van der Waals surface area contributed by atoms with Crippen molar-refractivity contribution in [3.05, 3.63) is 21.9 Å². The Morgan fingerprint density at radius 3 is 2.68 bits per heavy atom. The van der Waals surface area contributed by atoms with Crippen molar-refractivity contribution in [3.63, 3.8) is 0 Å². The predicted molar refractivity (Wildman–Crippen MR) is 77.8 cm³/mol. The maximum Gasteiger partial charge on any atom is 0.327 e. The molecule has 0 saturated carbocycles. The van der Waals surface area contributed by atoms with Crippen molar-refractivity contribution >= 4 is 35.0 Å². The molecule has 1 N–H and O–H groups in total. The van der Waals surface area contributed by atoms with Crippen LogP contribution in [0.3, 0.4) is 0 Å². The van der Waals surface area contributed by atoms with Crippen molar-refractivity contribution in [2.45, 2.75) is 38.1 Å². The average molecular weight is 299 g/mol. The number of nitrogens with zero attached hydrogens (tertiary/aromatic N) is 1. The van der Waals surface area contributed by atoms with E-state index in [0.29, 0.717) is 10.6 Å². The summed E-state index contributed by atoms with van der Waals surface area (Å²) in [7, 11) is 0. The number of hydrogen-bond acceptors (Lipinski definition) is 4. The molecular weight excluding hydrogens is 282 g/mol. The van der Waals surface area contributed by atoms with Gasteiger partial charge in [-0.25, -0.2) is 4.79 Å². The van der Waals surface area contributed by atoms with Gasteiger partial charge in [0.2, 0.25) is 0 Å². The lowest BCUT2D eigenvalue weighted by atomic mass is 10.2. The molecule has 6 heteroatoms. The molecule has 1 fully saturated rings. The number of carboxylic acid groups (broad SMARTS) is 1. The first-order valence-electron chi connectivity index (χ1n) is 6.34. The largest absolute Gasteiger partial charge is 0.480 e. The summed E-state index contributed by atoms with van der Waals surface area (Å²) < 4.78 is 0. The molecule has 0 radical (unpaired) electrons. The summed E-state index contributed by atoms with van der Waals surface area (Å²) in [4.78, 5) is 27.1. The van der Waals surface area contributed by atoms with Crippen molar-refractivity contribution in [1.29, 1.82) is 0 Å². The van der Waals surface area contributed by atoms with Crippen LogP contribution in [-0.4, -0.2) is 39.1 Å². The Balaban J connectivity index is 2.25. The lowest BCUT2D eigenvalue weighted by Gasteiger charge is -2.26. The zero-order chi connectivity index (χ0) is 14.0. The van der Waals surface area contributed by atoms with Crippen LogP contribution in [-0.2, 0) is 11.2 Å². The van der Waals surface area contributed by atoms with E-state index in [0.717, 1.165) is 17.7 Å². The van der Waals surface area contributed by atoms with Crippen molar-refractivity contribution in [1.82, 2.24) is 4.90 Å². The SMILES string of the molecule is CCc1ccc(C(=O)N2C(CC)SCC2C(=O)O)s1. The number of rotatable bonds is 4. The Bertz CT molecular complexity index is 486. The molecule has 2 rings (SSSR count). The quantitative estimate of drug-likeness (QED) is 0.928. The zero-order valence-electron chi connectivity index (χ0n) is 11.0. The lowest BCUT2D eigenvalue weighted by molar-refractivity contribution is -0.141. The molecule has 0 spiro atoms. The van der Waals surface area contributed by atoms with E-state index in [-0.39, 0.29) is 11.3 Å². The lowest BCUT2D eigenvalue weighted by Crippen LogP contribution is -2.45. The van der Waals surface area contributed by atoms with Crippen LogP contribution in [0.4, 0.5) is 0 Å². The molecule has 2 unspecified atom stereocenters. The molecule has 0 aromatic carbocycles. The highest BCUT2D eigenvalue weighted by atomic mass is 32.2. The van der Waals surface area contributed by atoms with Crippen LogP contribution in [0.25, 0.3) is 0 Å². The average Bonchev–Trinajstić information content (AvgIpc) is 3.03. The van der Waals surface area contributed by atoms with Crippen LogP contribution in [0, 0.1) is 0 Å². The Morgan fingerprint density at radius 1 is 1.42 bits per heavy atom. The first kappa shape index (κ1) is 14.4. The summed E-state index contributed by atoms with van der Waals surface area (Å²) in [6.07, 6.45) is 1.67. The number of aryl methyl sites for hydroxylation is 1. The second-order valence-corrected chi connectivity index (χ2v) is 6.76. The fraction of sp³-hybridized carbons (Fsp3) is 0.538. The second kappa shape index (κ2) is 5.96. The minimum absolute atomic E-state index is 0.0271. The van der Waals surface area contributed by atoms with Crippen molar-refractivity contribution < 1.29 is 14.7 Å². The highest BCUT2D eigenvalue weighted by Gasteiger charge is 2.41. The Morgan fingerprint density at radius 2 is 2.16 bits per heavy atom. The number of amides is 1. The third-order valence-corrected chi connectivity index (χ3v) is 5.85. The van der Waals surface area contributed by atoms with Crippen LogP contribution in [0.15, 0.2) is 12.1 Å². The van der Waals surface area contributed by atoms with Crippen LogP contribution >= 0.6 is 23.1 Å². The maximum atomic E-state index is 12.5. The van der Waals surface area contributed by atoms with E-state index in [2.05, 4.69) is 0 Å². The standard InChI is InChI=1S/C13H17NO3S2/c1-3-8-5-6-10(19-8)12(15)14-9(13(16)17)7-18-11(14)4-2/h5-6,9,11H,3-4,7H2,1-2H3,(H,16,17). The van der Waals surface area contributed by atoms with Gasteiger partial charge in [-0.05, 0) is 25.0 Å². The highest BCUT2D eigenvalue weighted by molar-refractivity contribution is 8.00. The Hall–Kier alpha value is -1.01. The van der Waals surface area contributed by atoms with Gasteiger partial charge in [-0.15, -0.1) is 23.1 Å². The summed E-state index contributed by atoms with van der Waals surface area (Å²) in [5.74, 6) is -0.580. The van der Waals surface area contributed by atoms with Gasteiger partial charge < -0.3 is 10.0 Å². The number of thioether (sulfide) groups is 1. The van der Waals surface area contributed by atoms with Gasteiger partial charge in [0.1, 0.15) is 6.04 Å². The number of thiophene rings is 1. The Kier molecular flexibility index (Phi) is 4.52. The molecule has 0 aliphatic carbocycles. The van der Waals surface area contributed by atoms with Gasteiger partial charge in [0, 0.05) is 10.6 Å². The van der Waals surface area contributed by atoms with Gasteiger partial charge in [0.25, 0.3) is 5.91 Å². The summed E-state index contributed by atoms with van der Waals surface area (Å²) in [6.45, 7) is 4.02. The van der Waals surface area contributed by atoms with Crippen LogP contribution < -0.4 is 0 Å². The zero-order valence-corrected chi connectivity index (χ0v) is 12.6. The third-order valence-electron chi connectivity index (χ3n) is 3.18. The van der Waals surface area contributed by atoms with E-state index in [4.69, 9.17) is 0 Å². The highest BCUT2D eigenvalue weighted by Crippen LogP contribution is 2.33. The first-order valence-corrected chi connectivity index (χ1v) is 8.20. The maximum absolute atomic E-state index is 12.5. The molecular formula is C13H17NO3S2. The number of carbonyl (C=O) groups is 2. The minimum atomic E-state index is -0.913. The van der Waals surface area contributed by atoms with Gasteiger partial charge >= 0.3 is 5.97 Å². The number of carboxylic acids is 1. The summed E-state index contributed by atoms with van der Waals surface area (Å²) in [6, 6.07) is 3.05. The molecule has 19 heavy (non-hydrogen) atoms. The molecule has 104 valence electrons. The van der Waals surface area contributed by atoms with E-state index in [9.17, 15) is 14.7 Å². The van der Waals surface area contributed by atoms with E-state index in [1.807, 2.05) is 19.9 Å². The minimum Gasteiger partial charge on any atom is -0.480 e. The third kappa shape index (κ3) is 2.79. The van der Waals surface area contributed by atoms with Crippen LogP contribution in [0.1, 0.15) is 34.8 Å². The van der Waals surface area contributed by atoms with Crippen molar-refractivity contribution in [2.75, 3.05) is 5.75 Å². The second-order valence-electron chi connectivity index (χ2n) is 4.38. The van der Waals surface area contributed by atoms with Crippen molar-refractivity contribution in [3.8, 4) is 0 Å². The van der Waals surface area contributed by atoms with E-state index >= 15 is 0 Å². The molecule has 1 aromatic rings. The van der Waals surface area contributed by atoms with Gasteiger partial charge in [-0.1, -0.05) is 13.8 Å². The molecule has 1 saturated heterocycles. The fourth-order valence-electron chi connectivity index (χ4n) is 2.15. The molecule has 1 aromatic heterocycles. The van der Waals surface area contributed by atoms with Gasteiger partial charge in [-0.3, -0.25) is 4.79 Å². The van der Waals surface area contributed by atoms with E-state index < -0.39 is 12.0 Å². The number of aliphatic carboxylic acids is 1. The number of carbonyl (C=O) groups excluding carboxylic acids is 1. The molecule has 1 aliphatic rings. The Labute approximate surface area is 120 Å². The molecule has 2 heterocycles. The van der Waals surface area contributed by atoms with Gasteiger partial charge in [0.15, 0.2) is 0 Å². The summed E-state index contributed by atoms with van der Waals surface area (Å²) >= 11 is 3.01. The molecule has 4 nitrogen and oxygen atoms in total. The summed E-state index contributed by atoms with van der Waals surface area (Å²) in [5, 5.41) is 9.21. The topological polar surface area (TPSA) is 57.6 Å². The summed E-state index contributed by atoms with van der Waals surface area (Å²) in [5.41, 5.74) is 0. The smallest absolute Gasteiger partial charge is 0.327 e. The first-order chi connectivity index (χ1) is 9.08. The predicted octanol–water partition coefficient (Wildman–Crippen LogP) is 2.69. The van der Waals surface area contributed by atoms with E-state index in [1.54, 1.807) is 17.8 Å². The normalized spacial score (nSPS) is 22.7. The fourth-order valence-corrected chi connectivity index (χ4v) is 4.39. The van der Waals surface area contributed by atoms with Crippen LogP contribution in [0.5, 0.6) is 0 Å². The molecule has 2 atom stereocenters. The van der Waals surface area contributed by atoms with Gasteiger partial charge in [0.05, 0.1) is 10.3 Å². The van der Waals surface area contributed by atoms with Gasteiger partial charge in [-0.2, -0.15) is 0 Å². The molecule has 0 bridgehead atoms. The monoisotopic (exact) mass is 299 g/mol. The number of hydrogen-bond donors (Lipinski definition) is 1. The van der Waals surface area contributed by atoms with Crippen molar-refractivity contribution in [2.24, 2.45) is 0 Å². The van der Waals surface area contributed by atoms with Crippen LogP contribution in [0.2, 0.25) is 0 Å².